The Kier molecular flexibility index (Phi) is 4.02. The number of rotatable bonds is 2. The van der Waals surface area contributed by atoms with E-state index in [1.165, 1.54) is 23.5 Å². The molecule has 3 rings (SSSR count). The van der Waals surface area contributed by atoms with Crippen LogP contribution in [0.3, 0.4) is 0 Å². The second kappa shape index (κ2) is 5.98. The maximum atomic E-state index is 12.6. The predicted octanol–water partition coefficient (Wildman–Crippen LogP) is 3.38. The number of benzene rings is 1. The molecule has 23 heavy (non-hydrogen) atoms. The number of nitrogens with one attached hydrogen (secondary N) is 1. The number of halogens is 1. The van der Waals surface area contributed by atoms with E-state index in [-0.39, 0.29) is 5.57 Å². The molecule has 0 unspecified atom stereocenters. The molecule has 116 valence electrons. The first-order valence-electron chi connectivity index (χ1n) is 6.67. The number of hydrogen-bond donors (Lipinski definition) is 1. The summed E-state index contributed by atoms with van der Waals surface area (Å²) in [4.78, 5) is 37.5. The van der Waals surface area contributed by atoms with Crippen molar-refractivity contribution < 1.29 is 14.4 Å². The summed E-state index contributed by atoms with van der Waals surface area (Å²) in [6.07, 6.45) is 1.46. The van der Waals surface area contributed by atoms with E-state index < -0.39 is 17.8 Å². The number of imide groups is 2. The van der Waals surface area contributed by atoms with E-state index in [9.17, 15) is 14.4 Å². The van der Waals surface area contributed by atoms with Crippen molar-refractivity contribution in [2.45, 2.75) is 6.92 Å². The zero-order valence-corrected chi connectivity index (χ0v) is 13.6. The van der Waals surface area contributed by atoms with Crippen molar-refractivity contribution in [2.75, 3.05) is 4.90 Å². The van der Waals surface area contributed by atoms with Crippen molar-refractivity contribution in [2.24, 2.45) is 0 Å². The van der Waals surface area contributed by atoms with Gasteiger partial charge in [-0.25, -0.2) is 9.69 Å². The van der Waals surface area contributed by atoms with E-state index in [2.05, 4.69) is 5.32 Å². The first kappa shape index (κ1) is 15.5. The molecule has 7 heteroatoms. The van der Waals surface area contributed by atoms with Gasteiger partial charge in [-0.3, -0.25) is 14.9 Å². The molecule has 1 saturated heterocycles. The number of amides is 4. The van der Waals surface area contributed by atoms with Crippen LogP contribution in [0.25, 0.3) is 6.08 Å². The lowest BCUT2D eigenvalue weighted by Crippen LogP contribution is -2.54. The summed E-state index contributed by atoms with van der Waals surface area (Å²) in [6.45, 7) is 1.82. The first-order valence-corrected chi connectivity index (χ1v) is 7.99. The number of hydrogen-bond acceptors (Lipinski definition) is 4. The van der Waals surface area contributed by atoms with Crippen molar-refractivity contribution in [3.8, 4) is 0 Å². The summed E-state index contributed by atoms with van der Waals surface area (Å²) >= 11 is 7.51. The molecule has 1 aromatic heterocycles. The highest BCUT2D eigenvalue weighted by Crippen LogP contribution is 2.26. The Balaban J connectivity index is 2.03. The van der Waals surface area contributed by atoms with Gasteiger partial charge in [0.15, 0.2) is 0 Å². The number of anilines is 1. The van der Waals surface area contributed by atoms with Gasteiger partial charge >= 0.3 is 6.03 Å². The molecule has 0 bridgehead atoms. The zero-order chi connectivity index (χ0) is 16.6. The normalized spacial score (nSPS) is 16.9. The van der Waals surface area contributed by atoms with Gasteiger partial charge in [-0.05, 0) is 53.1 Å². The van der Waals surface area contributed by atoms with Gasteiger partial charge in [0.05, 0.1) is 5.69 Å². The second-order valence-corrected chi connectivity index (χ2v) is 6.14. The Bertz CT molecular complexity index is 843. The van der Waals surface area contributed by atoms with Gasteiger partial charge < -0.3 is 0 Å². The molecule has 0 aliphatic carbocycles. The highest BCUT2D eigenvalue weighted by atomic mass is 35.5. The lowest BCUT2D eigenvalue weighted by molar-refractivity contribution is -0.122. The fourth-order valence-corrected chi connectivity index (χ4v) is 2.93. The molecule has 2 heterocycles. The highest BCUT2D eigenvalue weighted by molar-refractivity contribution is 7.08. The number of aryl methyl sites for hydroxylation is 1. The number of barbiturate groups is 1. The molecule has 1 aliphatic rings. The van der Waals surface area contributed by atoms with E-state index in [0.717, 1.165) is 16.0 Å². The molecule has 4 amide bonds. The van der Waals surface area contributed by atoms with Crippen LogP contribution in [0, 0.1) is 6.92 Å². The molecule has 1 aromatic carbocycles. The molecular weight excluding hydrogens is 336 g/mol. The number of nitrogens with zero attached hydrogens (tertiary/aromatic N) is 1. The Morgan fingerprint density at radius 2 is 2.00 bits per heavy atom. The first-order chi connectivity index (χ1) is 11.0. The van der Waals surface area contributed by atoms with E-state index in [0.29, 0.717) is 10.7 Å². The summed E-state index contributed by atoms with van der Waals surface area (Å²) in [7, 11) is 0. The molecule has 0 radical (unpaired) electrons. The Morgan fingerprint density at radius 1 is 1.22 bits per heavy atom. The summed E-state index contributed by atoms with van der Waals surface area (Å²) in [5.41, 5.74) is 1.77. The van der Waals surface area contributed by atoms with E-state index >= 15 is 0 Å². The van der Waals surface area contributed by atoms with Gasteiger partial charge in [0.1, 0.15) is 5.57 Å². The second-order valence-electron chi connectivity index (χ2n) is 4.95. The number of urea groups is 1. The summed E-state index contributed by atoms with van der Waals surface area (Å²) in [6, 6.07) is 5.82. The van der Waals surface area contributed by atoms with Gasteiger partial charge in [0.2, 0.25) is 0 Å². The topological polar surface area (TPSA) is 66.5 Å². The van der Waals surface area contributed by atoms with Crippen LogP contribution in [0.5, 0.6) is 0 Å². The van der Waals surface area contributed by atoms with Crippen LogP contribution in [0.15, 0.2) is 40.6 Å². The van der Waals surface area contributed by atoms with Crippen LogP contribution in [0.2, 0.25) is 5.02 Å². The average molecular weight is 347 g/mol. The van der Waals surface area contributed by atoms with Gasteiger partial charge in [-0.15, -0.1) is 0 Å². The zero-order valence-electron chi connectivity index (χ0n) is 12.0. The van der Waals surface area contributed by atoms with Crippen molar-refractivity contribution in [1.29, 1.82) is 0 Å². The smallest absolute Gasteiger partial charge is 0.273 e. The maximum absolute atomic E-state index is 12.6. The van der Waals surface area contributed by atoms with Gasteiger partial charge in [0.25, 0.3) is 11.8 Å². The molecule has 1 N–H and O–H groups in total. The number of carbonyl (C=O) groups is 3. The average Bonchev–Trinajstić information content (AvgIpc) is 3.00. The van der Waals surface area contributed by atoms with Crippen molar-refractivity contribution >= 4 is 52.5 Å². The number of thiophene rings is 1. The number of carbonyl (C=O) groups excluding carboxylic acids is 3. The highest BCUT2D eigenvalue weighted by Gasteiger charge is 2.36. The van der Waals surface area contributed by atoms with Gasteiger partial charge in [-0.1, -0.05) is 17.7 Å². The third-order valence-corrected chi connectivity index (χ3v) is 4.48. The summed E-state index contributed by atoms with van der Waals surface area (Å²) in [5, 5.41) is 6.24. The lowest BCUT2D eigenvalue weighted by atomic mass is 10.1. The van der Waals surface area contributed by atoms with Crippen molar-refractivity contribution in [3.05, 3.63) is 56.7 Å². The van der Waals surface area contributed by atoms with Crippen molar-refractivity contribution in [3.63, 3.8) is 0 Å². The largest absolute Gasteiger partial charge is 0.335 e. The lowest BCUT2D eigenvalue weighted by Gasteiger charge is -2.26. The van der Waals surface area contributed by atoms with E-state index in [1.54, 1.807) is 23.6 Å². The van der Waals surface area contributed by atoms with Gasteiger partial charge in [-0.2, -0.15) is 11.3 Å². The summed E-state index contributed by atoms with van der Waals surface area (Å²) in [5.74, 6) is -1.38. The van der Waals surface area contributed by atoms with E-state index in [4.69, 9.17) is 11.6 Å². The minimum absolute atomic E-state index is 0.0975. The molecular formula is C16H11ClN2O3S. The SMILES string of the molecule is Cc1ccc(N2C(=O)NC(=O)/C(=C/c3ccsc3)C2=O)cc1Cl. The fourth-order valence-electron chi connectivity index (χ4n) is 2.14. The Hall–Kier alpha value is -2.44. The van der Waals surface area contributed by atoms with Crippen LogP contribution in [-0.2, 0) is 9.59 Å². The van der Waals surface area contributed by atoms with Crippen LogP contribution in [-0.4, -0.2) is 17.8 Å². The molecule has 5 nitrogen and oxygen atoms in total. The molecule has 1 fully saturated rings. The monoisotopic (exact) mass is 346 g/mol. The standard InChI is InChI=1S/C16H11ClN2O3S/c1-9-2-3-11(7-13(9)17)19-15(21)12(14(20)18-16(19)22)6-10-4-5-23-8-10/h2-8H,1H3,(H,18,20,22)/b12-6-. The van der Waals surface area contributed by atoms with E-state index in [1.807, 2.05) is 12.3 Å². The molecule has 0 spiro atoms. The molecule has 1 aliphatic heterocycles. The third-order valence-electron chi connectivity index (χ3n) is 3.37. The van der Waals surface area contributed by atoms with Gasteiger partial charge in [0, 0.05) is 5.02 Å². The maximum Gasteiger partial charge on any atom is 0.335 e. The fraction of sp³-hybridized carbons (Fsp3) is 0.0625. The summed E-state index contributed by atoms with van der Waals surface area (Å²) < 4.78 is 0. The Morgan fingerprint density at radius 3 is 2.65 bits per heavy atom. The molecule has 0 saturated carbocycles. The van der Waals surface area contributed by atoms with Crippen LogP contribution < -0.4 is 10.2 Å². The molecule has 2 aromatic rings. The quantitative estimate of drug-likeness (QED) is 0.669. The van der Waals surface area contributed by atoms with Crippen LogP contribution in [0.1, 0.15) is 11.1 Å². The molecule has 0 atom stereocenters. The van der Waals surface area contributed by atoms with Crippen LogP contribution >= 0.6 is 22.9 Å². The third kappa shape index (κ3) is 2.91. The minimum atomic E-state index is -0.789. The van der Waals surface area contributed by atoms with Crippen molar-refractivity contribution in [1.82, 2.24) is 5.32 Å². The Labute approximate surface area is 141 Å². The minimum Gasteiger partial charge on any atom is -0.273 e. The van der Waals surface area contributed by atoms with Crippen LogP contribution in [0.4, 0.5) is 10.5 Å². The predicted molar refractivity (Wildman–Crippen MR) is 89.5 cm³/mol.